The molecule has 2 aromatic rings. The highest BCUT2D eigenvalue weighted by Crippen LogP contribution is 2.19. The summed E-state index contributed by atoms with van der Waals surface area (Å²) in [6.07, 6.45) is 5.13. The molecule has 0 saturated heterocycles. The minimum Gasteiger partial charge on any atom is -0.311 e. The number of hydrogen-bond acceptors (Lipinski definition) is 2. The second kappa shape index (κ2) is 7.29. The molecule has 0 saturated carbocycles. The maximum absolute atomic E-state index is 4.78. The molecular weight excluding hydrogens is 234 g/mol. The summed E-state index contributed by atoms with van der Waals surface area (Å²) in [5.74, 6) is 0. The van der Waals surface area contributed by atoms with Crippen LogP contribution in [0.15, 0.2) is 24.3 Å². The number of nitrogens with one attached hydrogen (secondary N) is 1. The summed E-state index contributed by atoms with van der Waals surface area (Å²) < 4.78 is 2.18. The predicted octanol–water partition coefficient (Wildman–Crippen LogP) is 3.73. The average Bonchev–Trinajstić information content (AvgIpc) is 2.80. The SMILES string of the molecule is CCCCCCn1nc(CNCC)c2ccccc21. The summed E-state index contributed by atoms with van der Waals surface area (Å²) in [6.45, 7) is 7.26. The number of nitrogens with zero attached hydrogens (tertiary/aromatic N) is 2. The third-order valence-electron chi connectivity index (χ3n) is 3.50. The average molecular weight is 259 g/mol. The van der Waals surface area contributed by atoms with E-state index < -0.39 is 0 Å². The van der Waals surface area contributed by atoms with E-state index in [1.807, 2.05) is 0 Å². The monoisotopic (exact) mass is 259 g/mol. The molecule has 0 aliphatic rings. The molecule has 0 aliphatic carbocycles. The highest BCUT2D eigenvalue weighted by Gasteiger charge is 2.08. The number of fused-ring (bicyclic) bond motifs is 1. The van der Waals surface area contributed by atoms with Gasteiger partial charge in [-0.25, -0.2) is 0 Å². The Balaban J connectivity index is 2.13. The van der Waals surface area contributed by atoms with Gasteiger partial charge in [0.2, 0.25) is 0 Å². The normalized spacial score (nSPS) is 11.3. The van der Waals surface area contributed by atoms with Gasteiger partial charge in [-0.05, 0) is 19.0 Å². The molecule has 2 rings (SSSR count). The van der Waals surface area contributed by atoms with E-state index in [1.165, 1.54) is 42.3 Å². The van der Waals surface area contributed by atoms with E-state index in [2.05, 4.69) is 48.1 Å². The second-order valence-corrected chi connectivity index (χ2v) is 5.03. The molecular formula is C16H25N3. The fourth-order valence-electron chi connectivity index (χ4n) is 2.43. The Morgan fingerprint density at radius 1 is 1.11 bits per heavy atom. The second-order valence-electron chi connectivity index (χ2n) is 5.03. The Morgan fingerprint density at radius 2 is 1.95 bits per heavy atom. The molecule has 3 heteroatoms. The third-order valence-corrected chi connectivity index (χ3v) is 3.50. The summed E-state index contributed by atoms with van der Waals surface area (Å²) in [7, 11) is 0. The van der Waals surface area contributed by atoms with Crippen molar-refractivity contribution in [2.75, 3.05) is 6.54 Å². The van der Waals surface area contributed by atoms with Gasteiger partial charge in [-0.1, -0.05) is 51.3 Å². The maximum Gasteiger partial charge on any atom is 0.0841 e. The molecule has 104 valence electrons. The van der Waals surface area contributed by atoms with Crippen molar-refractivity contribution in [3.05, 3.63) is 30.0 Å². The molecule has 3 nitrogen and oxygen atoms in total. The van der Waals surface area contributed by atoms with Crippen LogP contribution in [0.25, 0.3) is 10.9 Å². The number of unbranched alkanes of at least 4 members (excludes halogenated alkanes) is 3. The molecule has 19 heavy (non-hydrogen) atoms. The van der Waals surface area contributed by atoms with Gasteiger partial charge in [0, 0.05) is 18.5 Å². The minimum atomic E-state index is 0.860. The van der Waals surface area contributed by atoms with Gasteiger partial charge in [-0.15, -0.1) is 0 Å². The van der Waals surface area contributed by atoms with Crippen molar-refractivity contribution >= 4 is 10.9 Å². The van der Waals surface area contributed by atoms with E-state index >= 15 is 0 Å². The lowest BCUT2D eigenvalue weighted by atomic mass is 10.2. The molecule has 0 aliphatic heterocycles. The topological polar surface area (TPSA) is 29.9 Å². The summed E-state index contributed by atoms with van der Waals surface area (Å²) in [6, 6.07) is 8.56. The van der Waals surface area contributed by atoms with Gasteiger partial charge in [0.1, 0.15) is 0 Å². The van der Waals surface area contributed by atoms with Crippen LogP contribution in [0.5, 0.6) is 0 Å². The van der Waals surface area contributed by atoms with Crippen LogP contribution in [0.1, 0.15) is 45.2 Å². The summed E-state index contributed by atoms with van der Waals surface area (Å²) in [5.41, 5.74) is 2.44. The van der Waals surface area contributed by atoms with Crippen LogP contribution in [0.3, 0.4) is 0 Å². The first-order valence-electron chi connectivity index (χ1n) is 7.52. The summed E-state index contributed by atoms with van der Waals surface area (Å²) >= 11 is 0. The zero-order valence-electron chi connectivity index (χ0n) is 12.2. The van der Waals surface area contributed by atoms with E-state index in [9.17, 15) is 0 Å². The van der Waals surface area contributed by atoms with E-state index in [0.717, 1.165) is 19.6 Å². The van der Waals surface area contributed by atoms with Crippen molar-refractivity contribution in [2.24, 2.45) is 0 Å². The Labute approximate surface area is 116 Å². The first kappa shape index (κ1) is 14.1. The highest BCUT2D eigenvalue weighted by atomic mass is 15.3. The molecule has 1 aromatic carbocycles. The van der Waals surface area contributed by atoms with E-state index in [1.54, 1.807) is 0 Å². The van der Waals surface area contributed by atoms with Gasteiger partial charge in [0.15, 0.2) is 0 Å². The lowest BCUT2D eigenvalue weighted by Gasteiger charge is -2.02. The molecule has 0 amide bonds. The van der Waals surface area contributed by atoms with Crippen LogP contribution in [0, 0.1) is 0 Å². The number of aromatic nitrogens is 2. The molecule has 0 spiro atoms. The standard InChI is InChI=1S/C16H25N3/c1-3-5-6-9-12-19-16-11-8-7-10-14(16)15(18-19)13-17-4-2/h7-8,10-11,17H,3-6,9,12-13H2,1-2H3. The van der Waals surface area contributed by atoms with Crippen LogP contribution in [-0.4, -0.2) is 16.3 Å². The molecule has 0 unspecified atom stereocenters. The quantitative estimate of drug-likeness (QED) is 0.732. The molecule has 1 N–H and O–H groups in total. The third kappa shape index (κ3) is 3.57. The molecule has 1 heterocycles. The Morgan fingerprint density at radius 3 is 2.74 bits per heavy atom. The number of hydrogen-bond donors (Lipinski definition) is 1. The molecule has 1 aromatic heterocycles. The smallest absolute Gasteiger partial charge is 0.0841 e. The predicted molar refractivity (Wildman–Crippen MR) is 81.3 cm³/mol. The number of aryl methyl sites for hydroxylation is 1. The molecule has 0 fully saturated rings. The van der Waals surface area contributed by atoms with Crippen LogP contribution in [-0.2, 0) is 13.1 Å². The first-order valence-corrected chi connectivity index (χ1v) is 7.52. The number of para-hydroxylation sites is 1. The van der Waals surface area contributed by atoms with Crippen molar-refractivity contribution in [3.63, 3.8) is 0 Å². The van der Waals surface area contributed by atoms with Crippen molar-refractivity contribution in [1.29, 1.82) is 0 Å². The number of rotatable bonds is 8. The molecule has 0 atom stereocenters. The lowest BCUT2D eigenvalue weighted by Crippen LogP contribution is -2.12. The largest absolute Gasteiger partial charge is 0.311 e. The minimum absolute atomic E-state index is 0.860. The van der Waals surface area contributed by atoms with Crippen LogP contribution in [0.4, 0.5) is 0 Å². The lowest BCUT2D eigenvalue weighted by molar-refractivity contribution is 0.545. The van der Waals surface area contributed by atoms with Gasteiger partial charge in [-0.3, -0.25) is 4.68 Å². The van der Waals surface area contributed by atoms with Crippen molar-refractivity contribution in [2.45, 2.75) is 52.6 Å². The Kier molecular flexibility index (Phi) is 5.40. The summed E-state index contributed by atoms with van der Waals surface area (Å²) in [4.78, 5) is 0. The van der Waals surface area contributed by atoms with E-state index in [4.69, 9.17) is 5.10 Å². The van der Waals surface area contributed by atoms with Gasteiger partial charge in [-0.2, -0.15) is 5.10 Å². The zero-order valence-corrected chi connectivity index (χ0v) is 12.2. The molecule has 0 bridgehead atoms. The van der Waals surface area contributed by atoms with Crippen molar-refractivity contribution < 1.29 is 0 Å². The van der Waals surface area contributed by atoms with Gasteiger partial charge < -0.3 is 5.32 Å². The van der Waals surface area contributed by atoms with Crippen LogP contribution >= 0.6 is 0 Å². The van der Waals surface area contributed by atoms with Crippen molar-refractivity contribution in [1.82, 2.24) is 15.1 Å². The Hall–Kier alpha value is -1.35. The van der Waals surface area contributed by atoms with Gasteiger partial charge >= 0.3 is 0 Å². The van der Waals surface area contributed by atoms with Crippen LogP contribution in [0.2, 0.25) is 0 Å². The van der Waals surface area contributed by atoms with Gasteiger partial charge in [0.25, 0.3) is 0 Å². The Bertz CT molecular complexity index is 502. The van der Waals surface area contributed by atoms with Gasteiger partial charge in [0.05, 0.1) is 11.2 Å². The van der Waals surface area contributed by atoms with Crippen LogP contribution < -0.4 is 5.32 Å². The molecule has 0 radical (unpaired) electrons. The first-order chi connectivity index (χ1) is 9.36. The fraction of sp³-hybridized carbons (Fsp3) is 0.562. The highest BCUT2D eigenvalue weighted by molar-refractivity contribution is 5.81. The van der Waals surface area contributed by atoms with Crippen molar-refractivity contribution in [3.8, 4) is 0 Å². The fourth-order valence-corrected chi connectivity index (χ4v) is 2.43. The summed E-state index contributed by atoms with van der Waals surface area (Å²) in [5, 5.41) is 9.44. The number of benzene rings is 1. The zero-order chi connectivity index (χ0) is 13.5. The van der Waals surface area contributed by atoms with E-state index in [-0.39, 0.29) is 0 Å². The van der Waals surface area contributed by atoms with E-state index in [0.29, 0.717) is 0 Å². The maximum atomic E-state index is 4.78.